The molecule has 1 aromatic rings. The highest BCUT2D eigenvalue weighted by atomic mass is 32.1. The van der Waals surface area contributed by atoms with E-state index < -0.39 is 0 Å². The van der Waals surface area contributed by atoms with Crippen LogP contribution in [0.1, 0.15) is 30.8 Å². The quantitative estimate of drug-likeness (QED) is 0.910. The van der Waals surface area contributed by atoms with Crippen molar-refractivity contribution in [2.75, 3.05) is 25.1 Å². The van der Waals surface area contributed by atoms with Gasteiger partial charge in [0.1, 0.15) is 0 Å². The van der Waals surface area contributed by atoms with Gasteiger partial charge < -0.3 is 15.4 Å². The Labute approximate surface area is 113 Å². The molecule has 0 saturated carbocycles. The van der Waals surface area contributed by atoms with Gasteiger partial charge in [0.25, 0.3) is 0 Å². The molecule has 1 aromatic heterocycles. The number of anilines is 1. The Kier molecular flexibility index (Phi) is 4.59. The maximum Gasteiger partial charge on any atom is 0.185 e. The van der Waals surface area contributed by atoms with Gasteiger partial charge >= 0.3 is 0 Å². The van der Waals surface area contributed by atoms with Gasteiger partial charge in [-0.1, -0.05) is 13.8 Å². The van der Waals surface area contributed by atoms with Gasteiger partial charge in [0.05, 0.1) is 12.3 Å². The average molecular weight is 269 g/mol. The molecule has 1 aliphatic rings. The third kappa shape index (κ3) is 2.84. The predicted molar refractivity (Wildman–Crippen MR) is 75.9 cm³/mol. The lowest BCUT2D eigenvalue weighted by atomic mass is 9.89. The fourth-order valence-electron chi connectivity index (χ4n) is 2.35. The molecule has 4 nitrogen and oxygen atoms in total. The highest BCUT2D eigenvalue weighted by molar-refractivity contribution is 7.15. The van der Waals surface area contributed by atoms with E-state index in [2.05, 4.69) is 18.7 Å². The second-order valence-electron chi connectivity index (χ2n) is 5.19. The van der Waals surface area contributed by atoms with E-state index in [1.807, 2.05) is 0 Å². The minimum absolute atomic E-state index is 0.552. The van der Waals surface area contributed by atoms with E-state index in [9.17, 15) is 0 Å². The third-order valence-corrected chi connectivity index (χ3v) is 5.02. The van der Waals surface area contributed by atoms with Gasteiger partial charge in [-0.25, -0.2) is 4.98 Å². The Hall–Kier alpha value is -0.650. The van der Waals surface area contributed by atoms with E-state index >= 15 is 0 Å². The first kappa shape index (κ1) is 13.8. The van der Waals surface area contributed by atoms with Crippen molar-refractivity contribution in [3.8, 4) is 0 Å². The summed E-state index contributed by atoms with van der Waals surface area (Å²) in [6.45, 7) is 7.98. The minimum atomic E-state index is 0.552. The van der Waals surface area contributed by atoms with Crippen molar-refractivity contribution in [1.82, 2.24) is 4.98 Å². The molecule has 1 saturated heterocycles. The van der Waals surface area contributed by atoms with Crippen molar-refractivity contribution < 1.29 is 4.74 Å². The van der Waals surface area contributed by atoms with Gasteiger partial charge in [0.2, 0.25) is 0 Å². The molecule has 0 bridgehead atoms. The maximum absolute atomic E-state index is 5.77. The highest BCUT2D eigenvalue weighted by Crippen LogP contribution is 2.31. The molecular weight excluding hydrogens is 246 g/mol. The number of piperidine rings is 1. The Morgan fingerprint density at radius 2 is 2.22 bits per heavy atom. The standard InChI is InChI=1S/C13H23N3OS/c1-9-4-5-16(7-10(9)2)13-15-11(8-17-3)12(6-14)18-13/h9-10H,4-8,14H2,1-3H3. The fraction of sp³-hybridized carbons (Fsp3) is 0.769. The normalized spacial score (nSPS) is 24.6. The van der Waals surface area contributed by atoms with Gasteiger partial charge in [-0.05, 0) is 18.3 Å². The number of aromatic nitrogens is 1. The molecular formula is C13H23N3OS. The lowest BCUT2D eigenvalue weighted by Crippen LogP contribution is -2.38. The Bertz CT molecular complexity index is 394. The fourth-order valence-corrected chi connectivity index (χ4v) is 3.33. The molecule has 0 aromatic carbocycles. The first-order valence-electron chi connectivity index (χ1n) is 6.58. The number of methoxy groups -OCH3 is 1. The minimum Gasteiger partial charge on any atom is -0.378 e. The molecule has 2 unspecified atom stereocenters. The van der Waals surface area contributed by atoms with Crippen molar-refractivity contribution in [3.05, 3.63) is 10.6 Å². The van der Waals surface area contributed by atoms with Crippen molar-refractivity contribution in [3.63, 3.8) is 0 Å². The zero-order chi connectivity index (χ0) is 13.1. The molecule has 0 spiro atoms. The van der Waals surface area contributed by atoms with Crippen molar-refractivity contribution >= 4 is 16.5 Å². The average Bonchev–Trinajstić information content (AvgIpc) is 2.76. The van der Waals surface area contributed by atoms with Crippen LogP contribution in [-0.4, -0.2) is 25.2 Å². The molecule has 2 N–H and O–H groups in total. The predicted octanol–water partition coefficient (Wildman–Crippen LogP) is 2.23. The van der Waals surface area contributed by atoms with Crippen molar-refractivity contribution in [1.29, 1.82) is 0 Å². The van der Waals surface area contributed by atoms with Gasteiger partial charge in [0.15, 0.2) is 5.13 Å². The van der Waals surface area contributed by atoms with Crippen LogP contribution in [0.4, 0.5) is 5.13 Å². The summed E-state index contributed by atoms with van der Waals surface area (Å²) < 4.78 is 5.18. The molecule has 1 aliphatic heterocycles. The summed E-state index contributed by atoms with van der Waals surface area (Å²) in [5.74, 6) is 1.54. The Balaban J connectivity index is 2.13. The molecule has 0 amide bonds. The van der Waals surface area contributed by atoms with Gasteiger partial charge in [-0.15, -0.1) is 11.3 Å². The van der Waals surface area contributed by atoms with Crippen LogP contribution >= 0.6 is 11.3 Å². The Morgan fingerprint density at radius 1 is 1.44 bits per heavy atom. The molecule has 0 aliphatic carbocycles. The molecule has 2 atom stereocenters. The van der Waals surface area contributed by atoms with Crippen LogP contribution in [0.3, 0.4) is 0 Å². The first-order valence-corrected chi connectivity index (χ1v) is 7.39. The van der Waals surface area contributed by atoms with E-state index in [1.165, 1.54) is 6.42 Å². The molecule has 0 radical (unpaired) electrons. The van der Waals surface area contributed by atoms with Gasteiger partial charge in [-0.3, -0.25) is 0 Å². The van der Waals surface area contributed by atoms with E-state index in [-0.39, 0.29) is 0 Å². The van der Waals surface area contributed by atoms with Crippen LogP contribution in [0.2, 0.25) is 0 Å². The summed E-state index contributed by atoms with van der Waals surface area (Å²) in [4.78, 5) is 8.24. The number of hydrogen-bond acceptors (Lipinski definition) is 5. The number of nitrogens with two attached hydrogens (primary N) is 1. The van der Waals surface area contributed by atoms with E-state index in [1.54, 1.807) is 18.4 Å². The monoisotopic (exact) mass is 269 g/mol. The number of thiazole rings is 1. The second kappa shape index (κ2) is 5.99. The van der Waals surface area contributed by atoms with E-state index in [0.717, 1.165) is 40.6 Å². The van der Waals surface area contributed by atoms with Crippen molar-refractivity contribution in [2.24, 2.45) is 17.6 Å². The maximum atomic E-state index is 5.77. The van der Waals surface area contributed by atoms with E-state index in [0.29, 0.717) is 13.2 Å². The smallest absolute Gasteiger partial charge is 0.185 e. The zero-order valence-electron chi connectivity index (χ0n) is 11.5. The summed E-state index contributed by atoms with van der Waals surface area (Å²) in [6, 6.07) is 0. The molecule has 1 fully saturated rings. The topological polar surface area (TPSA) is 51.4 Å². The Morgan fingerprint density at radius 3 is 2.83 bits per heavy atom. The summed E-state index contributed by atoms with van der Waals surface area (Å²) in [5.41, 5.74) is 6.78. The van der Waals surface area contributed by atoms with Gasteiger partial charge in [-0.2, -0.15) is 0 Å². The van der Waals surface area contributed by atoms with Gasteiger partial charge in [0, 0.05) is 31.6 Å². The lowest BCUT2D eigenvalue weighted by molar-refractivity contribution is 0.181. The molecule has 18 heavy (non-hydrogen) atoms. The number of nitrogens with zero attached hydrogens (tertiary/aromatic N) is 2. The second-order valence-corrected chi connectivity index (χ2v) is 6.25. The van der Waals surface area contributed by atoms with Crippen LogP contribution in [0.25, 0.3) is 0 Å². The van der Waals surface area contributed by atoms with Crippen LogP contribution < -0.4 is 10.6 Å². The summed E-state index contributed by atoms with van der Waals surface area (Å²) in [5, 5.41) is 1.11. The first-order chi connectivity index (χ1) is 8.65. The molecule has 2 rings (SSSR count). The highest BCUT2D eigenvalue weighted by Gasteiger charge is 2.25. The molecule has 102 valence electrons. The third-order valence-electron chi connectivity index (χ3n) is 3.84. The molecule has 2 heterocycles. The molecule has 5 heteroatoms. The number of ether oxygens (including phenoxy) is 1. The van der Waals surface area contributed by atoms with E-state index in [4.69, 9.17) is 15.5 Å². The zero-order valence-corrected chi connectivity index (χ0v) is 12.3. The largest absolute Gasteiger partial charge is 0.378 e. The summed E-state index contributed by atoms with van der Waals surface area (Å²) in [7, 11) is 1.70. The van der Waals surface area contributed by atoms with Crippen LogP contribution in [-0.2, 0) is 17.9 Å². The summed E-state index contributed by atoms with van der Waals surface area (Å²) in [6.07, 6.45) is 1.25. The van der Waals surface area contributed by atoms with Crippen molar-refractivity contribution in [2.45, 2.75) is 33.4 Å². The number of rotatable bonds is 4. The SMILES string of the molecule is COCc1nc(N2CCC(C)C(C)C2)sc1CN. The summed E-state index contributed by atoms with van der Waals surface area (Å²) >= 11 is 1.72. The lowest BCUT2D eigenvalue weighted by Gasteiger charge is -2.35. The van der Waals surface area contributed by atoms with Crippen LogP contribution in [0.5, 0.6) is 0 Å². The van der Waals surface area contributed by atoms with Crippen LogP contribution in [0.15, 0.2) is 0 Å². The van der Waals surface area contributed by atoms with Crippen LogP contribution in [0, 0.1) is 11.8 Å². The number of hydrogen-bond donors (Lipinski definition) is 1.